The largest absolute Gasteiger partial charge is 0.296 e. The number of aromatic nitrogens is 1. The van der Waals surface area contributed by atoms with Gasteiger partial charge < -0.3 is 0 Å². The van der Waals surface area contributed by atoms with Crippen molar-refractivity contribution in [2.45, 2.75) is 48.6 Å². The van der Waals surface area contributed by atoms with E-state index in [1.165, 1.54) is 54.3 Å². The van der Waals surface area contributed by atoms with E-state index in [0.717, 1.165) is 0 Å². The first-order chi connectivity index (χ1) is 10.9. The average molecular weight is 312 g/mol. The Morgan fingerprint density at radius 3 is 2.82 bits per heavy atom. The van der Waals surface area contributed by atoms with E-state index in [9.17, 15) is 0 Å². The third-order valence-electron chi connectivity index (χ3n) is 4.24. The molecular weight excluding hydrogens is 288 g/mol. The van der Waals surface area contributed by atoms with E-state index >= 15 is 0 Å². The number of hydrogen-bond donors (Lipinski definition) is 0. The van der Waals surface area contributed by atoms with Crippen molar-refractivity contribution in [1.82, 2.24) is 9.88 Å². The summed E-state index contributed by atoms with van der Waals surface area (Å²) in [6.45, 7) is 4.69. The maximum Gasteiger partial charge on any atom is 0.105 e. The van der Waals surface area contributed by atoms with E-state index in [4.69, 9.17) is 0 Å². The highest BCUT2D eigenvalue weighted by molar-refractivity contribution is 7.99. The van der Waals surface area contributed by atoms with Crippen molar-refractivity contribution in [2.75, 3.05) is 13.1 Å². The molecule has 2 aromatic rings. The van der Waals surface area contributed by atoms with Crippen LogP contribution in [0, 0.1) is 0 Å². The molecule has 3 heteroatoms. The van der Waals surface area contributed by atoms with Crippen molar-refractivity contribution >= 4 is 11.8 Å². The van der Waals surface area contributed by atoms with Crippen molar-refractivity contribution in [3.63, 3.8) is 0 Å². The fraction of sp³-hybridized carbons (Fsp3) is 0.421. The quantitative estimate of drug-likeness (QED) is 0.757. The molecule has 22 heavy (non-hydrogen) atoms. The molecule has 1 saturated heterocycles. The standard InChI is InChI=1S/C19H24N2S/c1-2-14-21-15-7-6-12-18(21)17-11-8-13-20-19(17)22-16-9-4-3-5-10-16/h3-5,8-11,13,18H,2,6-7,12,14-15H2,1H3/t18-/m1/s1. The van der Waals surface area contributed by atoms with Crippen LogP contribution in [-0.2, 0) is 0 Å². The van der Waals surface area contributed by atoms with Crippen LogP contribution < -0.4 is 0 Å². The van der Waals surface area contributed by atoms with E-state index in [2.05, 4.69) is 59.3 Å². The maximum atomic E-state index is 4.68. The number of likely N-dealkylation sites (tertiary alicyclic amines) is 1. The van der Waals surface area contributed by atoms with Crippen LogP contribution in [-0.4, -0.2) is 23.0 Å². The van der Waals surface area contributed by atoms with Gasteiger partial charge in [-0.1, -0.05) is 49.4 Å². The summed E-state index contributed by atoms with van der Waals surface area (Å²) < 4.78 is 0. The minimum Gasteiger partial charge on any atom is -0.296 e. The zero-order valence-corrected chi connectivity index (χ0v) is 14.1. The summed E-state index contributed by atoms with van der Waals surface area (Å²) in [4.78, 5) is 8.59. The van der Waals surface area contributed by atoms with Gasteiger partial charge in [-0.05, 0) is 50.6 Å². The fourth-order valence-electron chi connectivity index (χ4n) is 3.24. The van der Waals surface area contributed by atoms with E-state index in [1.807, 2.05) is 6.20 Å². The predicted octanol–water partition coefficient (Wildman–Crippen LogP) is 5.17. The number of hydrogen-bond acceptors (Lipinski definition) is 3. The van der Waals surface area contributed by atoms with Gasteiger partial charge in [0.2, 0.25) is 0 Å². The molecule has 0 bridgehead atoms. The molecule has 0 aliphatic carbocycles. The molecular formula is C19H24N2S. The lowest BCUT2D eigenvalue weighted by molar-refractivity contribution is 0.146. The lowest BCUT2D eigenvalue weighted by atomic mass is 9.96. The van der Waals surface area contributed by atoms with Crippen molar-refractivity contribution < 1.29 is 0 Å². The summed E-state index contributed by atoms with van der Waals surface area (Å²) >= 11 is 1.79. The second-order valence-corrected chi connectivity index (χ2v) is 6.92. The smallest absolute Gasteiger partial charge is 0.105 e. The lowest BCUT2D eigenvalue weighted by Gasteiger charge is -2.36. The molecule has 2 heterocycles. The van der Waals surface area contributed by atoms with E-state index in [0.29, 0.717) is 6.04 Å². The minimum atomic E-state index is 0.536. The van der Waals surface area contributed by atoms with E-state index in [-0.39, 0.29) is 0 Å². The van der Waals surface area contributed by atoms with Crippen molar-refractivity contribution in [3.05, 3.63) is 54.2 Å². The Hall–Kier alpha value is -1.32. The average Bonchev–Trinajstić information content (AvgIpc) is 2.57. The Balaban J connectivity index is 1.86. The Bertz CT molecular complexity index is 583. The van der Waals surface area contributed by atoms with Crippen LogP contribution in [0.1, 0.15) is 44.2 Å². The molecule has 1 aliphatic heterocycles. The third-order valence-corrected chi connectivity index (χ3v) is 5.28. The van der Waals surface area contributed by atoms with E-state index in [1.54, 1.807) is 11.8 Å². The van der Waals surface area contributed by atoms with Gasteiger partial charge in [-0.3, -0.25) is 4.90 Å². The molecule has 0 N–H and O–H groups in total. The molecule has 1 aromatic heterocycles. The fourth-order valence-corrected chi connectivity index (χ4v) is 4.19. The van der Waals surface area contributed by atoms with Crippen molar-refractivity contribution in [2.24, 2.45) is 0 Å². The lowest BCUT2D eigenvalue weighted by Crippen LogP contribution is -2.34. The van der Waals surface area contributed by atoms with Gasteiger partial charge in [0.05, 0.1) is 0 Å². The maximum absolute atomic E-state index is 4.68. The molecule has 0 unspecified atom stereocenters. The number of benzene rings is 1. The summed E-state index contributed by atoms with van der Waals surface area (Å²) in [5, 5.41) is 1.17. The van der Waals surface area contributed by atoms with Gasteiger partial charge in [-0.2, -0.15) is 0 Å². The zero-order valence-electron chi connectivity index (χ0n) is 13.2. The van der Waals surface area contributed by atoms with Gasteiger partial charge in [0.15, 0.2) is 0 Å². The SMILES string of the molecule is CCCN1CCCC[C@@H]1c1cccnc1Sc1ccccc1. The van der Waals surface area contributed by atoms with Gasteiger partial charge in [0.25, 0.3) is 0 Å². The molecule has 2 nitrogen and oxygen atoms in total. The van der Waals surface area contributed by atoms with Gasteiger partial charge in [0.1, 0.15) is 5.03 Å². The third kappa shape index (κ3) is 3.71. The Labute approximate surface area is 138 Å². The minimum absolute atomic E-state index is 0.536. The highest BCUT2D eigenvalue weighted by Crippen LogP contribution is 2.37. The van der Waals surface area contributed by atoms with Crippen LogP contribution in [0.3, 0.4) is 0 Å². The first kappa shape index (κ1) is 15.6. The number of nitrogens with zero attached hydrogens (tertiary/aromatic N) is 2. The monoisotopic (exact) mass is 312 g/mol. The second-order valence-electron chi connectivity index (χ2n) is 5.86. The molecule has 0 spiro atoms. The normalized spacial score (nSPS) is 19.2. The molecule has 1 aliphatic rings. The highest BCUT2D eigenvalue weighted by atomic mass is 32.2. The second kappa shape index (κ2) is 7.80. The number of pyridine rings is 1. The van der Waals surface area contributed by atoms with Crippen molar-refractivity contribution in [1.29, 1.82) is 0 Å². The first-order valence-corrected chi connectivity index (χ1v) is 9.12. The van der Waals surface area contributed by atoms with Crippen molar-refractivity contribution in [3.8, 4) is 0 Å². The van der Waals surface area contributed by atoms with Gasteiger partial charge in [-0.25, -0.2) is 4.98 Å². The molecule has 3 rings (SSSR count). The van der Waals surface area contributed by atoms with Gasteiger partial charge in [0, 0.05) is 22.7 Å². The molecule has 1 aromatic carbocycles. The molecule has 116 valence electrons. The first-order valence-electron chi connectivity index (χ1n) is 8.30. The number of rotatable bonds is 5. The Kier molecular flexibility index (Phi) is 5.52. The van der Waals surface area contributed by atoms with Crippen LogP contribution in [0.25, 0.3) is 0 Å². The summed E-state index contributed by atoms with van der Waals surface area (Å²) in [6, 6.07) is 15.5. The van der Waals surface area contributed by atoms with Crippen LogP contribution >= 0.6 is 11.8 Å². The van der Waals surface area contributed by atoms with Gasteiger partial charge in [-0.15, -0.1) is 0 Å². The molecule has 0 saturated carbocycles. The van der Waals surface area contributed by atoms with Crippen LogP contribution in [0.15, 0.2) is 58.6 Å². The van der Waals surface area contributed by atoms with Gasteiger partial charge >= 0.3 is 0 Å². The Morgan fingerprint density at radius 1 is 1.14 bits per heavy atom. The summed E-state index contributed by atoms with van der Waals surface area (Å²) in [6.07, 6.45) is 7.06. The molecule has 0 amide bonds. The van der Waals surface area contributed by atoms with E-state index < -0.39 is 0 Å². The summed E-state index contributed by atoms with van der Waals surface area (Å²) in [5.41, 5.74) is 1.41. The summed E-state index contributed by atoms with van der Waals surface area (Å²) in [7, 11) is 0. The predicted molar refractivity (Wildman–Crippen MR) is 93.3 cm³/mol. The highest BCUT2D eigenvalue weighted by Gasteiger charge is 2.25. The van der Waals surface area contributed by atoms with Crippen LogP contribution in [0.2, 0.25) is 0 Å². The molecule has 1 fully saturated rings. The van der Waals surface area contributed by atoms with Crippen LogP contribution in [0.4, 0.5) is 0 Å². The topological polar surface area (TPSA) is 16.1 Å². The summed E-state index contributed by atoms with van der Waals surface area (Å²) in [5.74, 6) is 0. The van der Waals surface area contributed by atoms with Crippen LogP contribution in [0.5, 0.6) is 0 Å². The molecule has 1 atom stereocenters. The Morgan fingerprint density at radius 2 is 2.00 bits per heavy atom. The molecule has 0 radical (unpaired) electrons. The number of piperidine rings is 1. The zero-order chi connectivity index (χ0) is 15.2.